The number of aromatic nitrogens is 4. The van der Waals surface area contributed by atoms with Crippen molar-refractivity contribution in [3.05, 3.63) is 69.5 Å². The smallest absolute Gasteiger partial charge is 0.339 e. The van der Waals surface area contributed by atoms with Gasteiger partial charge in [-0.1, -0.05) is 45.7 Å². The molecule has 1 aromatic carbocycles. The Bertz CT molecular complexity index is 1470. The number of rotatable bonds is 11. The third kappa shape index (κ3) is 5.58. The molecule has 11 heteroatoms. The number of carbonyl (C=O) groups is 1. The number of carboxylic acid groups (broad SMARTS) is 1. The highest BCUT2D eigenvalue weighted by Crippen LogP contribution is 2.46. The van der Waals surface area contributed by atoms with Gasteiger partial charge in [-0.25, -0.2) is 4.79 Å². The molecule has 1 aliphatic rings. The lowest BCUT2D eigenvalue weighted by molar-refractivity contribution is 0.0693. The number of pyridine rings is 1. The summed E-state index contributed by atoms with van der Waals surface area (Å²) < 4.78 is 16.2. The normalized spacial score (nSPS) is 13.3. The molecular weight excluding hydrogens is 531 g/mol. The lowest BCUT2D eigenvalue weighted by Gasteiger charge is -2.05. The molecule has 0 spiro atoms. The quantitative estimate of drug-likeness (QED) is 0.193. The van der Waals surface area contributed by atoms with E-state index in [4.69, 9.17) is 37.0 Å². The molecule has 0 unspecified atom stereocenters. The van der Waals surface area contributed by atoms with E-state index in [0.717, 1.165) is 43.4 Å². The number of hydrogen-bond donors (Lipinski definition) is 1. The molecule has 5 rings (SSSR count). The van der Waals surface area contributed by atoms with Gasteiger partial charge in [0.25, 0.3) is 0 Å². The van der Waals surface area contributed by atoms with Crippen molar-refractivity contribution in [3.63, 3.8) is 0 Å². The van der Waals surface area contributed by atoms with E-state index in [1.165, 1.54) is 13.2 Å². The topological polar surface area (TPSA) is 124 Å². The van der Waals surface area contributed by atoms with Gasteiger partial charge in [0.1, 0.15) is 22.8 Å². The van der Waals surface area contributed by atoms with E-state index in [1.54, 1.807) is 24.5 Å². The molecular formula is C27H24Cl2N4O5. The van der Waals surface area contributed by atoms with Gasteiger partial charge in [-0.3, -0.25) is 4.98 Å². The molecule has 0 aliphatic heterocycles. The Labute approximate surface area is 228 Å². The molecule has 3 aromatic heterocycles. The summed E-state index contributed by atoms with van der Waals surface area (Å²) in [6, 6.07) is 4.75. The van der Waals surface area contributed by atoms with Crippen molar-refractivity contribution in [1.29, 1.82) is 0 Å². The fourth-order valence-electron chi connectivity index (χ4n) is 4.16. The molecule has 0 radical (unpaired) electrons. The standard InChI is InChI=1S/C27H24Cl2N4O5/c1-36-21-11-10-16(12-18(21)27(34)35)26-31-22(37-33-26)7-5-3-2-4-6-17-24(32-38-25(17)15-8-9-15)23-19(28)13-30-14-20(23)29/h4,6,10-15H,2-3,5,7-9H2,1H3,(H,34,35)/b6-4+. The summed E-state index contributed by atoms with van der Waals surface area (Å²) in [7, 11) is 1.42. The second-order valence-electron chi connectivity index (χ2n) is 8.94. The number of hydrogen-bond acceptors (Lipinski definition) is 8. The molecule has 0 amide bonds. The summed E-state index contributed by atoms with van der Waals surface area (Å²) in [5.41, 5.74) is 2.75. The highest BCUT2D eigenvalue weighted by Gasteiger charge is 2.32. The molecule has 0 saturated heterocycles. The van der Waals surface area contributed by atoms with Crippen LogP contribution in [0, 0.1) is 0 Å². The average molecular weight is 555 g/mol. The minimum absolute atomic E-state index is 0.0393. The second-order valence-corrected chi connectivity index (χ2v) is 9.76. The SMILES string of the molecule is COc1ccc(-c2noc(CCCC/C=C/c3c(-c4c(Cl)cncc4Cl)noc3C3CC3)n2)cc1C(=O)O. The molecule has 1 saturated carbocycles. The number of ether oxygens (including phenoxy) is 1. The Hall–Kier alpha value is -3.69. The van der Waals surface area contributed by atoms with E-state index in [1.807, 2.05) is 6.08 Å². The third-order valence-electron chi connectivity index (χ3n) is 6.25. The van der Waals surface area contributed by atoms with Crippen molar-refractivity contribution >= 4 is 35.2 Å². The van der Waals surface area contributed by atoms with Gasteiger partial charge in [-0.05, 0) is 50.3 Å². The molecule has 38 heavy (non-hydrogen) atoms. The maximum Gasteiger partial charge on any atom is 0.339 e. The van der Waals surface area contributed by atoms with E-state index < -0.39 is 5.97 Å². The van der Waals surface area contributed by atoms with Crippen LogP contribution >= 0.6 is 23.2 Å². The Morgan fingerprint density at radius 3 is 2.66 bits per heavy atom. The number of carboxylic acids is 1. The minimum Gasteiger partial charge on any atom is -0.496 e. The van der Waals surface area contributed by atoms with Gasteiger partial charge in [0.2, 0.25) is 11.7 Å². The molecule has 9 nitrogen and oxygen atoms in total. The number of aromatic carboxylic acids is 1. The van der Waals surface area contributed by atoms with Gasteiger partial charge in [-0.15, -0.1) is 0 Å². The van der Waals surface area contributed by atoms with Crippen molar-refractivity contribution in [1.82, 2.24) is 20.3 Å². The van der Waals surface area contributed by atoms with Crippen LogP contribution < -0.4 is 4.74 Å². The fraction of sp³-hybridized carbons (Fsp3) is 0.296. The predicted molar refractivity (Wildman–Crippen MR) is 142 cm³/mol. The van der Waals surface area contributed by atoms with Gasteiger partial charge in [0, 0.05) is 41.4 Å². The van der Waals surface area contributed by atoms with E-state index in [2.05, 4.69) is 26.4 Å². The van der Waals surface area contributed by atoms with Crippen LogP contribution in [0.3, 0.4) is 0 Å². The number of benzene rings is 1. The van der Waals surface area contributed by atoms with E-state index >= 15 is 0 Å². The molecule has 1 N–H and O–H groups in total. The van der Waals surface area contributed by atoms with Gasteiger partial charge in [-0.2, -0.15) is 4.98 Å². The van der Waals surface area contributed by atoms with Crippen LogP contribution in [0.15, 0.2) is 45.7 Å². The van der Waals surface area contributed by atoms with Crippen molar-refractivity contribution in [2.75, 3.05) is 7.11 Å². The number of methoxy groups -OCH3 is 1. The third-order valence-corrected chi connectivity index (χ3v) is 6.82. The molecule has 196 valence electrons. The van der Waals surface area contributed by atoms with Crippen molar-refractivity contribution < 1.29 is 23.7 Å². The van der Waals surface area contributed by atoms with Gasteiger partial charge in [0.05, 0.1) is 17.2 Å². The van der Waals surface area contributed by atoms with Crippen LogP contribution in [-0.4, -0.2) is 38.5 Å². The number of halogens is 2. The van der Waals surface area contributed by atoms with Crippen LogP contribution in [0.2, 0.25) is 10.0 Å². The maximum absolute atomic E-state index is 11.5. The van der Waals surface area contributed by atoms with Crippen LogP contribution in [0.4, 0.5) is 0 Å². The predicted octanol–water partition coefficient (Wildman–Crippen LogP) is 7.10. The van der Waals surface area contributed by atoms with Crippen molar-refractivity contribution in [3.8, 4) is 28.4 Å². The van der Waals surface area contributed by atoms with Crippen LogP contribution in [0.5, 0.6) is 5.75 Å². The summed E-state index contributed by atoms with van der Waals surface area (Å²) in [5, 5.41) is 18.5. The number of unbranched alkanes of at least 4 members (excludes halogenated alkanes) is 2. The van der Waals surface area contributed by atoms with Crippen LogP contribution in [-0.2, 0) is 6.42 Å². The fourth-order valence-corrected chi connectivity index (χ4v) is 4.70. The summed E-state index contributed by atoms with van der Waals surface area (Å²) in [6.45, 7) is 0. The maximum atomic E-state index is 11.5. The van der Waals surface area contributed by atoms with Gasteiger partial charge in [0.15, 0.2) is 0 Å². The first-order valence-electron chi connectivity index (χ1n) is 12.2. The summed E-state index contributed by atoms with van der Waals surface area (Å²) in [5.74, 6) is 1.26. The minimum atomic E-state index is -1.09. The highest BCUT2D eigenvalue weighted by atomic mass is 35.5. The highest BCUT2D eigenvalue weighted by molar-refractivity contribution is 6.39. The van der Waals surface area contributed by atoms with Crippen LogP contribution in [0.1, 0.15) is 65.6 Å². The lowest BCUT2D eigenvalue weighted by Crippen LogP contribution is -2.01. The zero-order chi connectivity index (χ0) is 26.6. The Balaban J connectivity index is 1.20. The second kappa shape index (κ2) is 11.4. The molecule has 0 atom stereocenters. The average Bonchev–Trinajstić information content (AvgIpc) is 3.50. The summed E-state index contributed by atoms with van der Waals surface area (Å²) in [6.07, 6.45) is 12.5. The first-order valence-corrected chi connectivity index (χ1v) is 12.9. The molecule has 1 aliphatic carbocycles. The first-order chi connectivity index (χ1) is 18.5. The zero-order valence-electron chi connectivity index (χ0n) is 20.5. The van der Waals surface area contributed by atoms with Gasteiger partial charge < -0.3 is 18.9 Å². The molecule has 3 heterocycles. The molecule has 1 fully saturated rings. The van der Waals surface area contributed by atoms with Crippen molar-refractivity contribution in [2.45, 2.75) is 44.4 Å². The van der Waals surface area contributed by atoms with Gasteiger partial charge >= 0.3 is 5.97 Å². The Kier molecular flexibility index (Phi) is 7.76. The largest absolute Gasteiger partial charge is 0.496 e. The van der Waals surface area contributed by atoms with E-state index in [-0.39, 0.29) is 11.3 Å². The summed E-state index contributed by atoms with van der Waals surface area (Å²) in [4.78, 5) is 19.9. The molecule has 0 bridgehead atoms. The zero-order valence-corrected chi connectivity index (χ0v) is 22.0. The number of allylic oxidation sites excluding steroid dienone is 1. The van der Waals surface area contributed by atoms with E-state index in [0.29, 0.717) is 50.9 Å². The Morgan fingerprint density at radius 2 is 1.95 bits per heavy atom. The number of nitrogens with zero attached hydrogens (tertiary/aromatic N) is 4. The first kappa shape index (κ1) is 25.9. The summed E-state index contributed by atoms with van der Waals surface area (Å²) >= 11 is 12.7. The van der Waals surface area contributed by atoms with Crippen LogP contribution in [0.25, 0.3) is 28.7 Å². The Morgan fingerprint density at radius 1 is 1.16 bits per heavy atom. The van der Waals surface area contributed by atoms with E-state index in [9.17, 15) is 9.90 Å². The number of aryl methyl sites for hydroxylation is 1. The monoisotopic (exact) mass is 554 g/mol. The molecule has 4 aromatic rings. The lowest BCUT2D eigenvalue weighted by atomic mass is 10.0. The van der Waals surface area contributed by atoms with Crippen molar-refractivity contribution in [2.24, 2.45) is 0 Å².